The van der Waals surface area contributed by atoms with Gasteiger partial charge in [-0.1, -0.05) is 0 Å². The highest BCUT2D eigenvalue weighted by molar-refractivity contribution is 5.82. The Labute approximate surface area is 63.9 Å². The van der Waals surface area contributed by atoms with Gasteiger partial charge < -0.3 is 11.1 Å². The molecule has 1 unspecified atom stereocenters. The van der Waals surface area contributed by atoms with Gasteiger partial charge in [0.2, 0.25) is 0 Å². The monoisotopic (exact) mass is 166 g/mol. The maximum absolute atomic E-state index is 12.1. The van der Waals surface area contributed by atoms with Crippen LogP contribution in [0.1, 0.15) is 13.8 Å². The molecule has 0 bridgehead atoms. The molecule has 0 saturated heterocycles. The quantitative estimate of drug-likeness (QED) is 0.625. The molecule has 0 aliphatic carbocycles. The van der Waals surface area contributed by atoms with Gasteiger partial charge in [0.05, 0.1) is 0 Å². The lowest BCUT2D eigenvalue weighted by molar-refractivity contribution is -0.143. The Balaban J connectivity index is 3.71. The van der Waals surface area contributed by atoms with Crippen LogP contribution in [-0.4, -0.2) is 24.4 Å². The molecule has 0 aliphatic heterocycles. The summed E-state index contributed by atoms with van der Waals surface area (Å²) in [6, 6.07) is -0.304. The standard InChI is InChI=1S/C6H12F2N2O/c1-4(9)3-10-5(11)6(2,7)8/h4H,3,9H2,1-2H3,(H,10,11). The molecule has 0 aromatic rings. The van der Waals surface area contributed by atoms with Crippen molar-refractivity contribution >= 4 is 5.91 Å². The number of halogens is 2. The Morgan fingerprint density at radius 2 is 2.18 bits per heavy atom. The molecule has 66 valence electrons. The predicted molar refractivity (Wildman–Crippen MR) is 37.3 cm³/mol. The number of carbonyl (C=O) groups is 1. The lowest BCUT2D eigenvalue weighted by atomic mass is 10.3. The molecule has 0 aromatic heterocycles. The summed E-state index contributed by atoms with van der Waals surface area (Å²) in [4.78, 5) is 10.5. The average molecular weight is 166 g/mol. The maximum Gasteiger partial charge on any atom is 0.321 e. The normalized spacial score (nSPS) is 14.3. The van der Waals surface area contributed by atoms with Crippen molar-refractivity contribution in [2.45, 2.75) is 25.8 Å². The van der Waals surface area contributed by atoms with Crippen molar-refractivity contribution in [3.05, 3.63) is 0 Å². The van der Waals surface area contributed by atoms with E-state index in [4.69, 9.17) is 5.73 Å². The molecule has 0 spiro atoms. The van der Waals surface area contributed by atoms with Gasteiger partial charge >= 0.3 is 5.92 Å². The van der Waals surface area contributed by atoms with Gasteiger partial charge in [0, 0.05) is 19.5 Å². The summed E-state index contributed by atoms with van der Waals surface area (Å²) in [5.74, 6) is -4.59. The van der Waals surface area contributed by atoms with Crippen molar-refractivity contribution in [2.24, 2.45) is 5.73 Å². The minimum Gasteiger partial charge on any atom is -0.349 e. The molecule has 0 heterocycles. The highest BCUT2D eigenvalue weighted by Crippen LogP contribution is 2.10. The van der Waals surface area contributed by atoms with E-state index in [0.29, 0.717) is 6.92 Å². The Bertz CT molecular complexity index is 142. The van der Waals surface area contributed by atoms with Gasteiger partial charge in [-0.3, -0.25) is 4.79 Å². The van der Waals surface area contributed by atoms with E-state index in [2.05, 4.69) is 0 Å². The van der Waals surface area contributed by atoms with Crippen LogP contribution in [0.3, 0.4) is 0 Å². The Morgan fingerprint density at radius 1 is 1.73 bits per heavy atom. The van der Waals surface area contributed by atoms with Crippen molar-refractivity contribution in [1.82, 2.24) is 5.32 Å². The van der Waals surface area contributed by atoms with Gasteiger partial charge in [-0.05, 0) is 6.92 Å². The highest BCUT2D eigenvalue weighted by Gasteiger charge is 2.31. The van der Waals surface area contributed by atoms with Crippen molar-refractivity contribution < 1.29 is 13.6 Å². The van der Waals surface area contributed by atoms with Crippen LogP contribution < -0.4 is 11.1 Å². The molecule has 1 atom stereocenters. The number of amides is 1. The Morgan fingerprint density at radius 3 is 2.45 bits per heavy atom. The number of nitrogens with one attached hydrogen (secondary N) is 1. The van der Waals surface area contributed by atoms with Crippen LogP contribution in [0.5, 0.6) is 0 Å². The van der Waals surface area contributed by atoms with E-state index in [9.17, 15) is 13.6 Å². The zero-order valence-corrected chi connectivity index (χ0v) is 6.53. The molecule has 3 nitrogen and oxygen atoms in total. The minimum absolute atomic E-state index is 0.0717. The van der Waals surface area contributed by atoms with Gasteiger partial charge in [-0.25, -0.2) is 0 Å². The Hall–Kier alpha value is -0.710. The molecule has 0 aromatic carbocycles. The summed E-state index contributed by atoms with van der Waals surface area (Å²) >= 11 is 0. The third-order valence-electron chi connectivity index (χ3n) is 0.983. The number of hydrogen-bond acceptors (Lipinski definition) is 2. The molecule has 1 amide bonds. The van der Waals surface area contributed by atoms with Crippen LogP contribution in [0.25, 0.3) is 0 Å². The summed E-state index contributed by atoms with van der Waals surface area (Å²) in [6.07, 6.45) is 0. The molecule has 0 aliphatic rings. The number of nitrogens with two attached hydrogens (primary N) is 1. The van der Waals surface area contributed by atoms with Gasteiger partial charge in [0.15, 0.2) is 0 Å². The third kappa shape index (κ3) is 4.66. The van der Waals surface area contributed by atoms with Crippen molar-refractivity contribution in [3.63, 3.8) is 0 Å². The molecular weight excluding hydrogens is 154 g/mol. The number of carbonyl (C=O) groups excluding carboxylic acids is 1. The number of rotatable bonds is 3. The molecule has 11 heavy (non-hydrogen) atoms. The lowest BCUT2D eigenvalue weighted by Gasteiger charge is -2.11. The van der Waals surface area contributed by atoms with E-state index in [-0.39, 0.29) is 12.6 Å². The fourth-order valence-electron chi connectivity index (χ4n) is 0.409. The lowest BCUT2D eigenvalue weighted by Crippen LogP contribution is -2.42. The van der Waals surface area contributed by atoms with Crippen LogP contribution >= 0.6 is 0 Å². The minimum atomic E-state index is -3.31. The van der Waals surface area contributed by atoms with Crippen LogP contribution in [0.4, 0.5) is 8.78 Å². The topological polar surface area (TPSA) is 55.1 Å². The first-order chi connectivity index (χ1) is 4.84. The fourth-order valence-corrected chi connectivity index (χ4v) is 0.409. The van der Waals surface area contributed by atoms with E-state index in [1.807, 2.05) is 5.32 Å². The summed E-state index contributed by atoms with van der Waals surface area (Å²) in [5.41, 5.74) is 5.22. The van der Waals surface area contributed by atoms with Gasteiger partial charge in [0.1, 0.15) is 0 Å². The van der Waals surface area contributed by atoms with Gasteiger partial charge in [-0.15, -0.1) is 0 Å². The second-order valence-corrected chi connectivity index (χ2v) is 2.58. The van der Waals surface area contributed by atoms with E-state index in [1.54, 1.807) is 6.92 Å². The van der Waals surface area contributed by atoms with E-state index >= 15 is 0 Å². The zero-order valence-electron chi connectivity index (χ0n) is 6.53. The highest BCUT2D eigenvalue weighted by atomic mass is 19.3. The number of hydrogen-bond donors (Lipinski definition) is 2. The van der Waals surface area contributed by atoms with Gasteiger partial charge in [0.25, 0.3) is 5.91 Å². The average Bonchev–Trinajstić information content (AvgIpc) is 1.80. The smallest absolute Gasteiger partial charge is 0.321 e. The first-order valence-corrected chi connectivity index (χ1v) is 3.25. The van der Waals surface area contributed by atoms with Crippen LogP contribution in [0, 0.1) is 0 Å². The predicted octanol–water partition coefficient (Wildman–Crippen LogP) is 0.105. The third-order valence-corrected chi connectivity index (χ3v) is 0.983. The van der Waals surface area contributed by atoms with Crippen LogP contribution in [-0.2, 0) is 4.79 Å². The maximum atomic E-state index is 12.1. The molecule has 3 N–H and O–H groups in total. The SMILES string of the molecule is CC(N)CNC(=O)C(C)(F)F. The molecule has 0 fully saturated rings. The molecule has 0 rings (SSSR count). The van der Waals surface area contributed by atoms with E-state index < -0.39 is 11.8 Å². The Kier molecular flexibility index (Phi) is 3.38. The summed E-state index contributed by atoms with van der Waals surface area (Å²) in [5, 5.41) is 2.01. The van der Waals surface area contributed by atoms with E-state index in [1.165, 1.54) is 0 Å². The molecular formula is C6H12F2N2O. The second kappa shape index (κ2) is 3.61. The second-order valence-electron chi connectivity index (χ2n) is 2.58. The molecule has 0 radical (unpaired) electrons. The fraction of sp³-hybridized carbons (Fsp3) is 0.833. The summed E-state index contributed by atoms with van der Waals surface area (Å²) < 4.78 is 24.2. The van der Waals surface area contributed by atoms with Crippen molar-refractivity contribution in [2.75, 3.05) is 6.54 Å². The molecule has 5 heteroatoms. The summed E-state index contributed by atoms with van der Waals surface area (Å²) in [7, 11) is 0. The first kappa shape index (κ1) is 10.3. The zero-order chi connectivity index (χ0) is 9.07. The molecule has 0 saturated carbocycles. The summed E-state index contributed by atoms with van der Waals surface area (Å²) in [6.45, 7) is 2.24. The van der Waals surface area contributed by atoms with E-state index in [0.717, 1.165) is 0 Å². The van der Waals surface area contributed by atoms with Crippen molar-refractivity contribution in [3.8, 4) is 0 Å². The number of alkyl halides is 2. The van der Waals surface area contributed by atoms with Gasteiger partial charge in [-0.2, -0.15) is 8.78 Å². The largest absolute Gasteiger partial charge is 0.349 e. The van der Waals surface area contributed by atoms with Crippen LogP contribution in [0.2, 0.25) is 0 Å². The van der Waals surface area contributed by atoms with Crippen LogP contribution in [0.15, 0.2) is 0 Å². The van der Waals surface area contributed by atoms with Crippen molar-refractivity contribution in [1.29, 1.82) is 0 Å². The first-order valence-electron chi connectivity index (χ1n) is 3.25.